The molecule has 4 aromatic carbocycles. The fourth-order valence-electron chi connectivity index (χ4n) is 10.7. The van der Waals surface area contributed by atoms with E-state index in [4.69, 9.17) is 40.0 Å². The van der Waals surface area contributed by atoms with Gasteiger partial charge in [-0.3, -0.25) is 0 Å². The van der Waals surface area contributed by atoms with Crippen molar-refractivity contribution in [2.75, 3.05) is 19.8 Å². The molecular formula is C73H115ClO6. The average molecular weight is 1120 g/mol. The van der Waals surface area contributed by atoms with Crippen molar-refractivity contribution in [2.45, 2.75) is 244 Å². The Balaban J connectivity index is 1.33. The fraction of sp³-hybridized carbons (Fsp3) is 0.671. The molecule has 0 saturated carbocycles. The van der Waals surface area contributed by atoms with Crippen LogP contribution in [0.4, 0.5) is 0 Å². The molecule has 6 unspecified atom stereocenters. The lowest BCUT2D eigenvalue weighted by molar-refractivity contribution is 0.229. The van der Waals surface area contributed by atoms with E-state index in [1.165, 1.54) is 116 Å². The van der Waals surface area contributed by atoms with Crippen LogP contribution in [0.3, 0.4) is 0 Å². The van der Waals surface area contributed by atoms with E-state index in [9.17, 15) is 0 Å². The van der Waals surface area contributed by atoms with Crippen molar-refractivity contribution in [1.29, 1.82) is 0 Å². The molecule has 0 aromatic heterocycles. The summed E-state index contributed by atoms with van der Waals surface area (Å²) in [5.74, 6) is 11.5. The molecule has 450 valence electrons. The third-order valence-corrected chi connectivity index (χ3v) is 16.7. The van der Waals surface area contributed by atoms with Gasteiger partial charge >= 0.3 is 0 Å². The highest BCUT2D eigenvalue weighted by molar-refractivity contribution is 6.17. The van der Waals surface area contributed by atoms with Gasteiger partial charge in [0, 0.05) is 5.88 Å². The predicted octanol–water partition coefficient (Wildman–Crippen LogP) is 22.3. The quantitative estimate of drug-likeness (QED) is 0.0411. The Bertz CT molecular complexity index is 2040. The Labute approximate surface area is 495 Å². The fourth-order valence-corrected chi connectivity index (χ4v) is 10.8. The van der Waals surface area contributed by atoms with Crippen LogP contribution in [-0.4, -0.2) is 19.8 Å². The highest BCUT2D eigenvalue weighted by atomic mass is 35.5. The van der Waals surface area contributed by atoms with E-state index in [2.05, 4.69) is 119 Å². The van der Waals surface area contributed by atoms with Gasteiger partial charge in [0.15, 0.2) is 11.5 Å². The molecule has 0 saturated heterocycles. The lowest BCUT2D eigenvalue weighted by Gasteiger charge is -2.19. The van der Waals surface area contributed by atoms with Crippen molar-refractivity contribution < 1.29 is 28.4 Å². The van der Waals surface area contributed by atoms with Crippen LogP contribution in [0, 0.1) is 53.3 Å². The second kappa shape index (κ2) is 40.2. The van der Waals surface area contributed by atoms with Crippen LogP contribution < -0.4 is 28.4 Å². The zero-order chi connectivity index (χ0) is 57.9. The third kappa shape index (κ3) is 30.9. The summed E-state index contributed by atoms with van der Waals surface area (Å²) in [6.07, 6.45) is 27.0. The number of rotatable bonds is 46. The number of ether oxygens (including phenoxy) is 6. The van der Waals surface area contributed by atoms with Gasteiger partial charge in [-0.15, -0.1) is 11.6 Å². The van der Waals surface area contributed by atoms with Crippen LogP contribution in [0.25, 0.3) is 0 Å². The van der Waals surface area contributed by atoms with Gasteiger partial charge in [0.25, 0.3) is 0 Å². The molecular weight excluding hydrogens is 1010 g/mol. The molecule has 4 aromatic rings. The zero-order valence-corrected chi connectivity index (χ0v) is 53.7. The standard InChI is InChI=1S/C73H115ClO6/c1-55(2)19-13-22-58(7)25-16-28-61(10)43-46-75-68-37-31-64(32-38-68)52-78-71-49-67(51-74)50-72(79-53-65-33-39-69(40-34-65)76-47-44-62(11)29-17-26-59(8)23-14-20-56(3)4)73(71)80-54-66-35-41-70(42-36-66)77-48-45-63(12)30-18-27-60(9)24-15-21-57(5)6/h31-42,49-50,55-63H,13-30,43-48,51-54H2,1-12H3. The van der Waals surface area contributed by atoms with Crippen molar-refractivity contribution in [3.8, 4) is 34.5 Å². The molecule has 7 heteroatoms. The van der Waals surface area contributed by atoms with Gasteiger partial charge in [0.2, 0.25) is 5.75 Å². The SMILES string of the molecule is CC(C)CCCC(C)CCCC(C)CCOc1ccc(COc2cc(CCl)cc(OCc3ccc(OCCC(C)CCCC(C)CCCC(C)C)cc3)c2OCc2ccc(OCCC(C)CCCC(C)CCCC(C)C)cc2)cc1. The summed E-state index contributed by atoms with van der Waals surface area (Å²) >= 11 is 6.55. The maximum absolute atomic E-state index is 6.68. The minimum atomic E-state index is 0.301. The second-order valence-electron chi connectivity index (χ2n) is 26.2. The molecule has 0 spiro atoms. The molecule has 0 radical (unpaired) electrons. The first-order valence-electron chi connectivity index (χ1n) is 32.3. The monoisotopic (exact) mass is 1120 g/mol. The minimum absolute atomic E-state index is 0.301. The topological polar surface area (TPSA) is 55.4 Å². The first-order valence-corrected chi connectivity index (χ1v) is 32.8. The third-order valence-electron chi connectivity index (χ3n) is 16.4. The smallest absolute Gasteiger partial charge is 0.203 e. The van der Waals surface area contributed by atoms with Crippen molar-refractivity contribution in [3.05, 3.63) is 107 Å². The van der Waals surface area contributed by atoms with Gasteiger partial charge in [-0.1, -0.05) is 235 Å². The molecule has 0 amide bonds. The largest absolute Gasteiger partial charge is 0.494 e. The molecule has 0 aliphatic rings. The van der Waals surface area contributed by atoms with Gasteiger partial charge in [-0.2, -0.15) is 0 Å². The van der Waals surface area contributed by atoms with Crippen LogP contribution in [0.5, 0.6) is 34.5 Å². The average Bonchev–Trinajstić information content (AvgIpc) is 3.42. The zero-order valence-electron chi connectivity index (χ0n) is 52.9. The first-order chi connectivity index (χ1) is 38.5. The van der Waals surface area contributed by atoms with Crippen molar-refractivity contribution in [1.82, 2.24) is 0 Å². The van der Waals surface area contributed by atoms with Crippen molar-refractivity contribution in [3.63, 3.8) is 0 Å². The van der Waals surface area contributed by atoms with E-state index in [0.717, 1.165) is 114 Å². The van der Waals surface area contributed by atoms with Gasteiger partial charge in [0.05, 0.1) is 19.8 Å². The predicted molar refractivity (Wildman–Crippen MR) is 341 cm³/mol. The lowest BCUT2D eigenvalue weighted by Crippen LogP contribution is -2.06. The number of alkyl halides is 1. The van der Waals surface area contributed by atoms with Crippen LogP contribution >= 0.6 is 11.6 Å². The summed E-state index contributed by atoms with van der Waals surface area (Å²) in [6.45, 7) is 31.5. The van der Waals surface area contributed by atoms with Gasteiger partial charge < -0.3 is 28.4 Å². The molecule has 0 aliphatic carbocycles. The molecule has 0 fully saturated rings. The summed E-state index contributed by atoms with van der Waals surface area (Å²) in [5.41, 5.74) is 3.96. The van der Waals surface area contributed by atoms with Crippen LogP contribution in [0.2, 0.25) is 0 Å². The first kappa shape index (κ1) is 68.5. The van der Waals surface area contributed by atoms with Crippen LogP contribution in [0.15, 0.2) is 84.9 Å². The van der Waals surface area contributed by atoms with Gasteiger partial charge in [-0.25, -0.2) is 0 Å². The summed E-state index contributed by atoms with van der Waals surface area (Å²) < 4.78 is 38.6. The second-order valence-corrected chi connectivity index (χ2v) is 26.4. The Hall–Kier alpha value is -4.03. The number of benzene rings is 4. The maximum Gasteiger partial charge on any atom is 0.203 e. The summed E-state index contributed by atoms with van der Waals surface area (Å²) in [7, 11) is 0. The van der Waals surface area contributed by atoms with Crippen LogP contribution in [-0.2, 0) is 25.7 Å². The Morgan fingerprint density at radius 3 is 0.800 bits per heavy atom. The summed E-state index contributed by atoms with van der Waals surface area (Å²) in [5, 5.41) is 0. The minimum Gasteiger partial charge on any atom is -0.494 e. The molecule has 80 heavy (non-hydrogen) atoms. The Morgan fingerprint density at radius 2 is 0.537 bits per heavy atom. The molecule has 4 rings (SSSR count). The van der Waals surface area contributed by atoms with E-state index < -0.39 is 0 Å². The highest BCUT2D eigenvalue weighted by Gasteiger charge is 2.18. The molecule has 6 atom stereocenters. The van der Waals surface area contributed by atoms with Crippen molar-refractivity contribution in [2.24, 2.45) is 53.3 Å². The van der Waals surface area contributed by atoms with E-state index in [0.29, 0.717) is 60.7 Å². The lowest BCUT2D eigenvalue weighted by atomic mass is 9.93. The molecule has 6 nitrogen and oxygen atoms in total. The molecule has 0 heterocycles. The Kier molecular flexibility index (Phi) is 34.4. The van der Waals surface area contributed by atoms with Gasteiger partial charge in [-0.05, 0) is 143 Å². The molecule has 0 N–H and O–H groups in total. The van der Waals surface area contributed by atoms with E-state index >= 15 is 0 Å². The van der Waals surface area contributed by atoms with Gasteiger partial charge in [0.1, 0.15) is 37.1 Å². The summed E-state index contributed by atoms with van der Waals surface area (Å²) in [4.78, 5) is 0. The summed E-state index contributed by atoms with van der Waals surface area (Å²) in [6, 6.07) is 28.7. The van der Waals surface area contributed by atoms with E-state index in [-0.39, 0.29) is 0 Å². The Morgan fingerprint density at radius 1 is 0.287 bits per heavy atom. The highest BCUT2D eigenvalue weighted by Crippen LogP contribution is 2.41. The molecule has 0 aliphatic heterocycles. The maximum atomic E-state index is 6.68. The van der Waals surface area contributed by atoms with E-state index in [1.807, 2.05) is 48.5 Å². The van der Waals surface area contributed by atoms with Crippen LogP contribution in [0.1, 0.15) is 240 Å². The number of hydrogen-bond acceptors (Lipinski definition) is 6. The number of hydrogen-bond donors (Lipinski definition) is 0. The number of halogens is 1. The van der Waals surface area contributed by atoms with E-state index in [1.54, 1.807) is 0 Å². The van der Waals surface area contributed by atoms with Crippen molar-refractivity contribution >= 4 is 11.6 Å². The normalized spacial score (nSPS) is 14.0. The molecule has 0 bridgehead atoms.